The fourth-order valence-electron chi connectivity index (χ4n) is 1.08. The van der Waals surface area contributed by atoms with E-state index in [1.807, 2.05) is 26.0 Å². The van der Waals surface area contributed by atoms with Crippen molar-refractivity contribution in [1.29, 1.82) is 0 Å². The van der Waals surface area contributed by atoms with Crippen LogP contribution in [0.1, 0.15) is 25.0 Å². The van der Waals surface area contributed by atoms with Crippen LogP contribution >= 0.6 is 15.9 Å². The molecule has 1 aromatic carbocycles. The highest BCUT2D eigenvalue weighted by molar-refractivity contribution is 9.10. The average Bonchev–Trinajstić information content (AvgIpc) is 2.13. The van der Waals surface area contributed by atoms with Crippen molar-refractivity contribution in [2.24, 2.45) is 5.92 Å². The molecule has 0 spiro atoms. The van der Waals surface area contributed by atoms with E-state index in [1.54, 1.807) is 0 Å². The highest BCUT2D eigenvalue weighted by atomic mass is 79.9. The molecule has 0 saturated heterocycles. The number of halogens is 1. The van der Waals surface area contributed by atoms with Crippen LogP contribution in [0.25, 0.3) is 0 Å². The summed E-state index contributed by atoms with van der Waals surface area (Å²) in [7, 11) is 0. The largest absolute Gasteiger partial charge is 0.337 e. The molecule has 15 heavy (non-hydrogen) atoms. The second-order valence-electron chi connectivity index (χ2n) is 4.13. The van der Waals surface area contributed by atoms with Crippen molar-refractivity contribution < 1.29 is 9.78 Å². The number of rotatable bonds is 4. The zero-order valence-electron chi connectivity index (χ0n) is 9.63. The molecule has 0 aliphatic heterocycles. The molecular weight excluding hydrogens is 256 g/mol. The summed E-state index contributed by atoms with van der Waals surface area (Å²) >= 11 is 3.48. The fourth-order valence-corrected chi connectivity index (χ4v) is 1.54. The minimum atomic E-state index is 0.474. The number of hydrogen-bond acceptors (Lipinski definition) is 2. The monoisotopic (exact) mass is 272 g/mol. The summed E-state index contributed by atoms with van der Waals surface area (Å²) in [6.45, 7) is 8.80. The topological polar surface area (TPSA) is 18.5 Å². The SMILES string of the molecule is Cc1cc(OOCC(C)C)c(C)cc1Br. The van der Waals surface area contributed by atoms with Gasteiger partial charge in [-0.15, -0.1) is 0 Å². The van der Waals surface area contributed by atoms with Gasteiger partial charge in [0.2, 0.25) is 0 Å². The van der Waals surface area contributed by atoms with E-state index in [0.29, 0.717) is 12.5 Å². The third-order valence-electron chi connectivity index (χ3n) is 2.01. The van der Waals surface area contributed by atoms with E-state index in [0.717, 1.165) is 21.3 Å². The van der Waals surface area contributed by atoms with Gasteiger partial charge in [0.05, 0.1) is 6.61 Å². The van der Waals surface area contributed by atoms with Crippen molar-refractivity contribution >= 4 is 15.9 Å². The van der Waals surface area contributed by atoms with E-state index in [2.05, 4.69) is 29.8 Å². The van der Waals surface area contributed by atoms with Gasteiger partial charge in [-0.05, 0) is 43.0 Å². The average molecular weight is 273 g/mol. The number of aryl methyl sites for hydroxylation is 2. The van der Waals surface area contributed by atoms with Gasteiger partial charge < -0.3 is 4.89 Å². The quantitative estimate of drug-likeness (QED) is 0.609. The zero-order chi connectivity index (χ0) is 11.4. The first-order valence-electron chi connectivity index (χ1n) is 5.07. The van der Waals surface area contributed by atoms with Gasteiger partial charge in [-0.3, -0.25) is 0 Å². The molecule has 0 aromatic heterocycles. The molecule has 0 amide bonds. The summed E-state index contributed by atoms with van der Waals surface area (Å²) in [5.41, 5.74) is 2.21. The van der Waals surface area contributed by atoms with Crippen molar-refractivity contribution in [3.05, 3.63) is 27.7 Å². The molecule has 0 radical (unpaired) electrons. The van der Waals surface area contributed by atoms with Gasteiger partial charge in [0.25, 0.3) is 0 Å². The molecule has 0 saturated carbocycles. The molecular formula is C12H17BrO2. The summed E-state index contributed by atoms with van der Waals surface area (Å²) in [5.74, 6) is 1.26. The van der Waals surface area contributed by atoms with Crippen molar-refractivity contribution in [2.45, 2.75) is 27.7 Å². The van der Waals surface area contributed by atoms with Crippen molar-refractivity contribution in [3.63, 3.8) is 0 Å². The molecule has 0 heterocycles. The van der Waals surface area contributed by atoms with Crippen LogP contribution in [0.15, 0.2) is 16.6 Å². The van der Waals surface area contributed by atoms with Crippen LogP contribution in [-0.4, -0.2) is 6.61 Å². The molecule has 0 N–H and O–H groups in total. The number of benzene rings is 1. The maximum absolute atomic E-state index is 5.26. The van der Waals surface area contributed by atoms with Crippen LogP contribution in [0.5, 0.6) is 5.75 Å². The Labute approximate surface area is 99.6 Å². The Balaban J connectivity index is 2.65. The first kappa shape index (κ1) is 12.5. The molecule has 1 aromatic rings. The molecule has 0 aliphatic rings. The lowest BCUT2D eigenvalue weighted by Gasteiger charge is -2.10. The van der Waals surface area contributed by atoms with Crippen LogP contribution in [0.2, 0.25) is 0 Å². The standard InChI is InChI=1S/C12H17BrO2/c1-8(2)7-14-15-12-6-9(3)11(13)5-10(12)4/h5-6,8H,7H2,1-4H3. The zero-order valence-corrected chi connectivity index (χ0v) is 11.2. The van der Waals surface area contributed by atoms with Crippen LogP contribution in [0.4, 0.5) is 0 Å². The minimum Gasteiger partial charge on any atom is -0.337 e. The lowest BCUT2D eigenvalue weighted by atomic mass is 10.1. The highest BCUT2D eigenvalue weighted by Gasteiger charge is 2.05. The second kappa shape index (κ2) is 5.52. The summed E-state index contributed by atoms with van der Waals surface area (Å²) in [4.78, 5) is 10.4. The van der Waals surface area contributed by atoms with Gasteiger partial charge >= 0.3 is 0 Å². The van der Waals surface area contributed by atoms with Crippen LogP contribution in [0.3, 0.4) is 0 Å². The van der Waals surface area contributed by atoms with Crippen molar-refractivity contribution in [3.8, 4) is 5.75 Å². The Kier molecular flexibility index (Phi) is 4.61. The maximum atomic E-state index is 5.26. The van der Waals surface area contributed by atoms with Gasteiger partial charge in [-0.1, -0.05) is 29.8 Å². The first-order valence-corrected chi connectivity index (χ1v) is 5.86. The van der Waals surface area contributed by atoms with Gasteiger partial charge in [0.1, 0.15) is 0 Å². The molecule has 0 aliphatic carbocycles. The molecule has 0 bridgehead atoms. The lowest BCUT2D eigenvalue weighted by molar-refractivity contribution is -0.214. The Morgan fingerprint density at radius 1 is 1.20 bits per heavy atom. The molecule has 0 fully saturated rings. The molecule has 3 heteroatoms. The third-order valence-corrected chi connectivity index (χ3v) is 2.86. The Morgan fingerprint density at radius 3 is 2.47 bits per heavy atom. The minimum absolute atomic E-state index is 0.474. The summed E-state index contributed by atoms with van der Waals surface area (Å²) in [6.07, 6.45) is 0. The lowest BCUT2D eigenvalue weighted by Crippen LogP contribution is -2.06. The molecule has 84 valence electrons. The molecule has 0 atom stereocenters. The normalized spacial score (nSPS) is 10.8. The van der Waals surface area contributed by atoms with Gasteiger partial charge in [0.15, 0.2) is 5.75 Å². The van der Waals surface area contributed by atoms with Gasteiger partial charge in [-0.25, -0.2) is 0 Å². The highest BCUT2D eigenvalue weighted by Crippen LogP contribution is 2.26. The van der Waals surface area contributed by atoms with E-state index < -0.39 is 0 Å². The van der Waals surface area contributed by atoms with E-state index in [4.69, 9.17) is 9.78 Å². The maximum Gasteiger partial charge on any atom is 0.168 e. The van der Waals surface area contributed by atoms with Crippen LogP contribution in [-0.2, 0) is 4.89 Å². The first-order chi connectivity index (χ1) is 7.00. The Bertz CT molecular complexity index is 335. The fraction of sp³-hybridized carbons (Fsp3) is 0.500. The smallest absolute Gasteiger partial charge is 0.168 e. The molecule has 0 unspecified atom stereocenters. The predicted octanol–water partition coefficient (Wildman–Crippen LogP) is 4.03. The van der Waals surface area contributed by atoms with Crippen LogP contribution < -0.4 is 4.89 Å². The van der Waals surface area contributed by atoms with E-state index in [1.165, 1.54) is 0 Å². The van der Waals surface area contributed by atoms with Crippen molar-refractivity contribution in [1.82, 2.24) is 0 Å². The van der Waals surface area contributed by atoms with E-state index in [9.17, 15) is 0 Å². The number of hydrogen-bond donors (Lipinski definition) is 0. The van der Waals surface area contributed by atoms with Crippen LogP contribution in [0, 0.1) is 19.8 Å². The second-order valence-corrected chi connectivity index (χ2v) is 4.98. The van der Waals surface area contributed by atoms with E-state index in [-0.39, 0.29) is 0 Å². The predicted molar refractivity (Wildman–Crippen MR) is 65.0 cm³/mol. The summed E-state index contributed by atoms with van der Waals surface area (Å²) in [5, 5.41) is 0. The van der Waals surface area contributed by atoms with Gasteiger partial charge in [-0.2, -0.15) is 4.89 Å². The summed E-state index contributed by atoms with van der Waals surface area (Å²) in [6, 6.07) is 4.00. The summed E-state index contributed by atoms with van der Waals surface area (Å²) < 4.78 is 1.09. The van der Waals surface area contributed by atoms with Gasteiger partial charge in [0, 0.05) is 4.47 Å². The van der Waals surface area contributed by atoms with E-state index >= 15 is 0 Å². The molecule has 2 nitrogen and oxygen atoms in total. The third kappa shape index (κ3) is 3.84. The Hall–Kier alpha value is -0.540. The Morgan fingerprint density at radius 2 is 1.87 bits per heavy atom. The van der Waals surface area contributed by atoms with Crippen molar-refractivity contribution in [2.75, 3.05) is 6.61 Å². The molecule has 1 rings (SSSR count).